The molecular weight excluding hydrogens is 290 g/mol. The summed E-state index contributed by atoms with van der Waals surface area (Å²) in [5, 5.41) is 11.8. The van der Waals surface area contributed by atoms with Gasteiger partial charge in [-0.15, -0.1) is 0 Å². The van der Waals surface area contributed by atoms with Crippen LogP contribution in [0.5, 0.6) is 11.5 Å². The molecule has 21 heavy (non-hydrogen) atoms. The monoisotopic (exact) mass is 313 g/mol. The zero-order valence-electron chi connectivity index (χ0n) is 12.5. The van der Waals surface area contributed by atoms with E-state index in [0.29, 0.717) is 23.8 Å². The Kier molecular flexibility index (Phi) is 7.54. The Labute approximate surface area is 132 Å². The molecular formula is C16H24ClNO3. The summed E-state index contributed by atoms with van der Waals surface area (Å²) in [5.74, 6) is 0.528. The molecule has 0 aromatic heterocycles. The van der Waals surface area contributed by atoms with E-state index in [1.54, 1.807) is 12.1 Å². The largest absolute Gasteiger partial charge is 1.00 e. The van der Waals surface area contributed by atoms with Gasteiger partial charge in [0.2, 0.25) is 0 Å². The summed E-state index contributed by atoms with van der Waals surface area (Å²) in [4.78, 5) is 12.1. The molecule has 1 saturated carbocycles. The van der Waals surface area contributed by atoms with E-state index in [0.717, 1.165) is 6.54 Å². The number of Topliss-reactive ketones (excluding diaryl/α,β-unsaturated/α-hetero) is 1. The third-order valence-electron chi connectivity index (χ3n) is 4.02. The molecule has 0 amide bonds. The lowest BCUT2D eigenvalue weighted by Gasteiger charge is -2.19. The van der Waals surface area contributed by atoms with Crippen molar-refractivity contribution in [2.75, 3.05) is 13.7 Å². The van der Waals surface area contributed by atoms with Crippen molar-refractivity contribution in [3.05, 3.63) is 23.8 Å². The molecule has 0 bridgehead atoms. The highest BCUT2D eigenvalue weighted by atomic mass is 35.5. The number of hydrogen-bond acceptors (Lipinski definition) is 3. The number of hydrogen-bond donors (Lipinski definition) is 2. The SMILES string of the molecule is COc1cc(C(=O)CC[NH2+]C2CCCCC2)ccc1O.[Cl-]. The summed E-state index contributed by atoms with van der Waals surface area (Å²) < 4.78 is 5.03. The maximum atomic E-state index is 12.1. The summed E-state index contributed by atoms with van der Waals surface area (Å²) in [7, 11) is 1.49. The van der Waals surface area contributed by atoms with Crippen LogP contribution in [-0.4, -0.2) is 30.6 Å². The number of ketones is 1. The van der Waals surface area contributed by atoms with E-state index in [4.69, 9.17) is 4.74 Å². The second-order valence-corrected chi connectivity index (χ2v) is 5.48. The van der Waals surface area contributed by atoms with Crippen LogP contribution < -0.4 is 22.5 Å². The topological polar surface area (TPSA) is 63.1 Å². The first-order valence-corrected chi connectivity index (χ1v) is 7.44. The Balaban J connectivity index is 0.00000220. The van der Waals surface area contributed by atoms with Gasteiger partial charge >= 0.3 is 0 Å². The van der Waals surface area contributed by atoms with Crippen molar-refractivity contribution in [3.63, 3.8) is 0 Å². The maximum Gasteiger partial charge on any atom is 0.168 e. The van der Waals surface area contributed by atoms with E-state index in [2.05, 4.69) is 5.32 Å². The Morgan fingerprint density at radius 1 is 1.33 bits per heavy atom. The molecule has 1 aromatic rings. The number of rotatable bonds is 6. The second kappa shape index (κ2) is 8.90. The lowest BCUT2D eigenvalue weighted by Crippen LogP contribution is -3.00. The average Bonchev–Trinajstić information content (AvgIpc) is 2.48. The summed E-state index contributed by atoms with van der Waals surface area (Å²) in [5.41, 5.74) is 0.608. The molecule has 3 N–H and O–H groups in total. The van der Waals surface area contributed by atoms with Gasteiger partial charge in [-0.1, -0.05) is 6.42 Å². The van der Waals surface area contributed by atoms with Gasteiger partial charge in [-0.2, -0.15) is 0 Å². The Morgan fingerprint density at radius 2 is 2.05 bits per heavy atom. The number of carbonyl (C=O) groups is 1. The van der Waals surface area contributed by atoms with Gasteiger partial charge in [-0.05, 0) is 43.9 Å². The van der Waals surface area contributed by atoms with Crippen LogP contribution in [0.25, 0.3) is 0 Å². The number of benzene rings is 1. The predicted molar refractivity (Wildman–Crippen MR) is 77.3 cm³/mol. The molecule has 1 fully saturated rings. The first kappa shape index (κ1) is 17.8. The zero-order chi connectivity index (χ0) is 14.4. The zero-order valence-corrected chi connectivity index (χ0v) is 13.2. The molecule has 4 nitrogen and oxygen atoms in total. The molecule has 0 unspecified atom stereocenters. The first-order chi connectivity index (χ1) is 9.70. The minimum atomic E-state index is 0. The smallest absolute Gasteiger partial charge is 0.168 e. The Bertz CT molecular complexity index is 459. The highest BCUT2D eigenvalue weighted by Gasteiger charge is 2.17. The number of methoxy groups -OCH3 is 1. The number of quaternary nitrogens is 1. The van der Waals surface area contributed by atoms with E-state index in [1.807, 2.05) is 0 Å². The van der Waals surface area contributed by atoms with Gasteiger partial charge in [-0.25, -0.2) is 0 Å². The molecule has 1 aliphatic rings. The standard InChI is InChI=1S/C16H23NO3.ClH/c1-20-16-11-12(7-8-15(16)19)14(18)9-10-17-13-5-3-2-4-6-13;/h7-8,11,13,17,19H,2-6,9-10H2,1H3;1H. The molecule has 0 atom stereocenters. The van der Waals surface area contributed by atoms with Crippen LogP contribution in [0.1, 0.15) is 48.9 Å². The molecule has 0 saturated heterocycles. The lowest BCUT2D eigenvalue weighted by molar-refractivity contribution is -0.690. The minimum absolute atomic E-state index is 0. The predicted octanol–water partition coefficient (Wildman–Crippen LogP) is -1.13. The number of aromatic hydroxyl groups is 1. The van der Waals surface area contributed by atoms with Crippen molar-refractivity contribution in [2.45, 2.75) is 44.6 Å². The lowest BCUT2D eigenvalue weighted by atomic mass is 9.95. The third-order valence-corrected chi connectivity index (χ3v) is 4.02. The molecule has 1 aromatic carbocycles. The molecule has 118 valence electrons. The van der Waals surface area contributed by atoms with E-state index < -0.39 is 0 Å². The number of carbonyl (C=O) groups excluding carboxylic acids is 1. The van der Waals surface area contributed by atoms with Crippen molar-refractivity contribution in [2.24, 2.45) is 0 Å². The molecule has 5 heteroatoms. The fraction of sp³-hybridized carbons (Fsp3) is 0.562. The van der Waals surface area contributed by atoms with E-state index in [1.165, 1.54) is 45.3 Å². The number of ether oxygens (including phenoxy) is 1. The number of phenolic OH excluding ortho intramolecular Hbond substituents is 1. The van der Waals surface area contributed by atoms with Crippen LogP contribution in [0.15, 0.2) is 18.2 Å². The van der Waals surface area contributed by atoms with Crippen molar-refractivity contribution < 1.29 is 32.4 Å². The fourth-order valence-corrected chi connectivity index (χ4v) is 2.82. The summed E-state index contributed by atoms with van der Waals surface area (Å²) in [6.45, 7) is 0.840. The highest BCUT2D eigenvalue weighted by molar-refractivity contribution is 5.96. The quantitative estimate of drug-likeness (QED) is 0.654. The molecule has 0 spiro atoms. The normalized spacial score (nSPS) is 15.3. The molecule has 1 aliphatic carbocycles. The van der Waals surface area contributed by atoms with Gasteiger partial charge in [0, 0.05) is 5.56 Å². The summed E-state index contributed by atoms with van der Waals surface area (Å²) >= 11 is 0. The van der Waals surface area contributed by atoms with Crippen LogP contribution in [0, 0.1) is 0 Å². The van der Waals surface area contributed by atoms with Crippen LogP contribution in [-0.2, 0) is 0 Å². The molecule has 0 heterocycles. The Hall–Kier alpha value is -1.26. The van der Waals surface area contributed by atoms with Gasteiger partial charge in [0.1, 0.15) is 0 Å². The van der Waals surface area contributed by atoms with E-state index >= 15 is 0 Å². The van der Waals surface area contributed by atoms with Crippen molar-refractivity contribution in [1.82, 2.24) is 0 Å². The van der Waals surface area contributed by atoms with Crippen molar-refractivity contribution in [3.8, 4) is 11.5 Å². The van der Waals surface area contributed by atoms with Gasteiger partial charge in [0.15, 0.2) is 17.3 Å². The maximum absolute atomic E-state index is 12.1. The van der Waals surface area contributed by atoms with Crippen LogP contribution in [0.4, 0.5) is 0 Å². The number of halogens is 1. The van der Waals surface area contributed by atoms with Crippen LogP contribution in [0.3, 0.4) is 0 Å². The van der Waals surface area contributed by atoms with Crippen molar-refractivity contribution >= 4 is 5.78 Å². The molecule has 0 radical (unpaired) electrons. The average molecular weight is 314 g/mol. The van der Waals surface area contributed by atoms with E-state index in [9.17, 15) is 9.90 Å². The van der Waals surface area contributed by atoms with Gasteiger partial charge in [0.05, 0.1) is 26.1 Å². The number of nitrogens with two attached hydrogens (primary N) is 1. The first-order valence-electron chi connectivity index (χ1n) is 7.44. The fourth-order valence-electron chi connectivity index (χ4n) is 2.82. The van der Waals surface area contributed by atoms with Gasteiger partial charge < -0.3 is 27.6 Å². The Morgan fingerprint density at radius 3 is 2.71 bits per heavy atom. The molecule has 2 rings (SSSR count). The molecule has 0 aliphatic heterocycles. The van der Waals surface area contributed by atoms with E-state index in [-0.39, 0.29) is 23.9 Å². The van der Waals surface area contributed by atoms with Crippen molar-refractivity contribution in [1.29, 1.82) is 0 Å². The third kappa shape index (κ3) is 5.21. The second-order valence-electron chi connectivity index (χ2n) is 5.48. The summed E-state index contributed by atoms with van der Waals surface area (Å²) in [6.07, 6.45) is 7.10. The summed E-state index contributed by atoms with van der Waals surface area (Å²) in [6, 6.07) is 5.47. The highest BCUT2D eigenvalue weighted by Crippen LogP contribution is 2.26. The number of phenols is 1. The van der Waals surface area contributed by atoms with Gasteiger partial charge in [0.25, 0.3) is 0 Å². The minimum Gasteiger partial charge on any atom is -1.00 e. The van der Waals surface area contributed by atoms with Crippen LogP contribution >= 0.6 is 0 Å². The van der Waals surface area contributed by atoms with Gasteiger partial charge in [-0.3, -0.25) is 4.79 Å². The van der Waals surface area contributed by atoms with Crippen LogP contribution in [0.2, 0.25) is 0 Å².